The second-order valence-corrected chi connectivity index (χ2v) is 5.81. The molecule has 94 valence electrons. The third kappa shape index (κ3) is 1.05. The topological polar surface area (TPSA) is 74.7 Å². The van der Waals surface area contributed by atoms with Gasteiger partial charge in [0, 0.05) is 0 Å². The zero-order chi connectivity index (χ0) is 12.6. The molecule has 2 amide bonds. The highest BCUT2D eigenvalue weighted by molar-refractivity contribution is 6.07. The lowest BCUT2D eigenvalue weighted by atomic mass is 9.63. The van der Waals surface area contributed by atoms with Crippen LogP contribution >= 0.6 is 0 Å². The molecule has 2 bridgehead atoms. The molecule has 1 N–H and O–H groups in total. The summed E-state index contributed by atoms with van der Waals surface area (Å²) < 4.78 is 0. The van der Waals surface area contributed by atoms with Gasteiger partial charge in [0.1, 0.15) is 6.54 Å². The summed E-state index contributed by atoms with van der Waals surface area (Å²) in [5, 5.41) is 8.79. The summed E-state index contributed by atoms with van der Waals surface area (Å²) in [6.45, 7) is -0.487. The average molecular weight is 247 g/mol. The van der Waals surface area contributed by atoms with Gasteiger partial charge in [0.2, 0.25) is 11.8 Å². The lowest BCUT2D eigenvalue weighted by Crippen LogP contribution is -2.40. The molecule has 3 fully saturated rings. The third-order valence-electron chi connectivity index (χ3n) is 5.05. The van der Waals surface area contributed by atoms with Gasteiger partial charge in [-0.1, -0.05) is 12.2 Å². The van der Waals surface area contributed by atoms with E-state index in [4.69, 9.17) is 5.11 Å². The lowest BCUT2D eigenvalue weighted by molar-refractivity contribution is -0.149. The number of imide groups is 1. The molecule has 0 radical (unpaired) electrons. The van der Waals surface area contributed by atoms with Gasteiger partial charge in [0.25, 0.3) is 0 Å². The summed E-state index contributed by atoms with van der Waals surface area (Å²) in [6, 6.07) is 0. The normalized spacial score (nSPS) is 47.2. The summed E-state index contributed by atoms with van der Waals surface area (Å²) in [5.41, 5.74) is 0. The van der Waals surface area contributed by atoms with E-state index in [1.165, 1.54) is 0 Å². The maximum atomic E-state index is 12.2. The molecule has 0 aromatic heterocycles. The number of carboxylic acids is 1. The number of likely N-dealkylation sites (tertiary alicyclic amines) is 1. The Balaban J connectivity index is 1.72. The standard InChI is InChI=1S/C13H13NO4/c15-9(16)4-14-12(17)10-5-1-2-6(8-3-7(5)8)11(10)13(14)18/h1-2,5-8,10-11H,3-4H2,(H,15,16)/t5-,6-,7+,8+,10-,11-/m1/s1. The fourth-order valence-corrected chi connectivity index (χ4v) is 4.31. The largest absolute Gasteiger partial charge is 0.480 e. The summed E-state index contributed by atoms with van der Waals surface area (Å²) in [7, 11) is 0. The number of allylic oxidation sites excluding steroid dienone is 2. The molecule has 1 aliphatic heterocycles. The highest BCUT2D eigenvalue weighted by Gasteiger charge is 2.67. The van der Waals surface area contributed by atoms with Crippen molar-refractivity contribution in [2.24, 2.45) is 35.5 Å². The number of carboxylic acid groups (broad SMARTS) is 1. The van der Waals surface area contributed by atoms with Gasteiger partial charge < -0.3 is 5.11 Å². The van der Waals surface area contributed by atoms with Crippen LogP contribution in [0, 0.1) is 35.5 Å². The van der Waals surface area contributed by atoms with E-state index in [1.54, 1.807) is 0 Å². The highest BCUT2D eigenvalue weighted by atomic mass is 16.4. The van der Waals surface area contributed by atoms with Crippen LogP contribution in [-0.4, -0.2) is 34.3 Å². The second kappa shape index (κ2) is 3.02. The predicted molar refractivity (Wildman–Crippen MR) is 59.1 cm³/mol. The van der Waals surface area contributed by atoms with Crippen LogP contribution in [0.1, 0.15) is 6.42 Å². The fraction of sp³-hybridized carbons (Fsp3) is 0.615. The van der Waals surface area contributed by atoms with Crippen LogP contribution in [0.4, 0.5) is 0 Å². The Kier molecular flexibility index (Phi) is 1.73. The molecule has 5 aliphatic rings. The zero-order valence-corrected chi connectivity index (χ0v) is 9.65. The lowest BCUT2D eigenvalue weighted by Gasteiger charge is -2.37. The minimum Gasteiger partial charge on any atom is -0.480 e. The zero-order valence-electron chi connectivity index (χ0n) is 9.65. The number of carbonyl (C=O) groups is 3. The van der Waals surface area contributed by atoms with Crippen molar-refractivity contribution in [1.82, 2.24) is 4.90 Å². The Morgan fingerprint density at radius 2 is 1.67 bits per heavy atom. The van der Waals surface area contributed by atoms with E-state index in [1.807, 2.05) is 0 Å². The monoisotopic (exact) mass is 247 g/mol. The van der Waals surface area contributed by atoms with Gasteiger partial charge in [-0.3, -0.25) is 19.3 Å². The first-order valence-electron chi connectivity index (χ1n) is 6.35. The second-order valence-electron chi connectivity index (χ2n) is 5.81. The Hall–Kier alpha value is -1.65. The molecule has 4 aliphatic carbocycles. The molecule has 1 saturated heterocycles. The van der Waals surface area contributed by atoms with Crippen LogP contribution in [0.2, 0.25) is 0 Å². The van der Waals surface area contributed by atoms with E-state index in [9.17, 15) is 14.4 Å². The van der Waals surface area contributed by atoms with Crippen LogP contribution in [-0.2, 0) is 14.4 Å². The molecule has 18 heavy (non-hydrogen) atoms. The van der Waals surface area contributed by atoms with Crippen molar-refractivity contribution in [2.45, 2.75) is 6.42 Å². The number of hydrogen-bond acceptors (Lipinski definition) is 3. The van der Waals surface area contributed by atoms with Crippen LogP contribution in [0.25, 0.3) is 0 Å². The Bertz CT molecular complexity index is 475. The Morgan fingerprint density at radius 1 is 1.17 bits per heavy atom. The van der Waals surface area contributed by atoms with Gasteiger partial charge in [-0.05, 0) is 30.1 Å². The molecule has 6 atom stereocenters. The SMILES string of the molecule is O=C(O)CN1C(=O)[C@@H]2[C@@H]3C=C[C@H]([C@@H]4C[C@@H]34)[C@H]2C1=O. The first-order chi connectivity index (χ1) is 8.59. The van der Waals surface area contributed by atoms with Crippen molar-refractivity contribution < 1.29 is 19.5 Å². The van der Waals surface area contributed by atoms with E-state index in [0.717, 1.165) is 11.3 Å². The van der Waals surface area contributed by atoms with Crippen molar-refractivity contribution in [3.05, 3.63) is 12.2 Å². The first-order valence-corrected chi connectivity index (χ1v) is 6.35. The number of nitrogens with zero attached hydrogens (tertiary/aromatic N) is 1. The van der Waals surface area contributed by atoms with Crippen LogP contribution in [0.5, 0.6) is 0 Å². The molecular weight excluding hydrogens is 234 g/mol. The average Bonchev–Trinajstić information content (AvgIpc) is 3.11. The maximum absolute atomic E-state index is 12.2. The molecule has 5 heteroatoms. The van der Waals surface area contributed by atoms with Gasteiger partial charge in [0.05, 0.1) is 11.8 Å². The summed E-state index contributed by atoms with van der Waals surface area (Å²) in [5.74, 6) is -0.771. The highest BCUT2D eigenvalue weighted by Crippen LogP contribution is 2.65. The number of amides is 2. The minimum atomic E-state index is -1.12. The molecule has 1 heterocycles. The summed E-state index contributed by atoms with van der Waals surface area (Å²) in [6.07, 6.45) is 5.28. The Labute approximate surface area is 103 Å². The molecule has 0 spiro atoms. The van der Waals surface area contributed by atoms with Gasteiger partial charge >= 0.3 is 5.97 Å². The molecule has 5 rings (SSSR count). The van der Waals surface area contributed by atoms with Gasteiger partial charge in [-0.25, -0.2) is 0 Å². The van der Waals surface area contributed by atoms with Gasteiger partial charge in [-0.15, -0.1) is 0 Å². The number of carbonyl (C=O) groups excluding carboxylic acids is 2. The molecular formula is C13H13NO4. The van der Waals surface area contributed by atoms with E-state index in [2.05, 4.69) is 12.2 Å². The number of rotatable bonds is 2. The maximum Gasteiger partial charge on any atom is 0.323 e. The smallest absolute Gasteiger partial charge is 0.323 e. The van der Waals surface area contributed by atoms with Gasteiger partial charge in [0.15, 0.2) is 0 Å². The summed E-state index contributed by atoms with van der Waals surface area (Å²) in [4.78, 5) is 36.2. The van der Waals surface area contributed by atoms with Gasteiger partial charge in [-0.2, -0.15) is 0 Å². The minimum absolute atomic E-state index is 0.167. The predicted octanol–water partition coefficient (Wildman–Crippen LogP) is 0.124. The molecule has 2 saturated carbocycles. The number of aliphatic carboxylic acids is 1. The molecule has 0 aromatic carbocycles. The Morgan fingerprint density at radius 3 is 2.11 bits per heavy atom. The van der Waals surface area contributed by atoms with Crippen molar-refractivity contribution in [3.8, 4) is 0 Å². The van der Waals surface area contributed by atoms with E-state index in [0.29, 0.717) is 11.8 Å². The van der Waals surface area contributed by atoms with E-state index < -0.39 is 12.5 Å². The fourth-order valence-electron chi connectivity index (χ4n) is 4.31. The first kappa shape index (κ1) is 10.3. The van der Waals surface area contributed by atoms with Crippen LogP contribution in [0.15, 0.2) is 12.2 Å². The molecule has 0 aromatic rings. The quantitative estimate of drug-likeness (QED) is 0.555. The van der Waals surface area contributed by atoms with Crippen molar-refractivity contribution in [3.63, 3.8) is 0 Å². The van der Waals surface area contributed by atoms with E-state index >= 15 is 0 Å². The van der Waals surface area contributed by atoms with Crippen LogP contribution in [0.3, 0.4) is 0 Å². The van der Waals surface area contributed by atoms with E-state index in [-0.39, 0.29) is 35.5 Å². The van der Waals surface area contributed by atoms with Crippen LogP contribution < -0.4 is 0 Å². The van der Waals surface area contributed by atoms with Crippen molar-refractivity contribution >= 4 is 17.8 Å². The summed E-state index contributed by atoms with van der Waals surface area (Å²) >= 11 is 0. The molecule has 0 unspecified atom stereocenters. The van der Waals surface area contributed by atoms with Crippen molar-refractivity contribution in [1.29, 1.82) is 0 Å². The number of hydrogen-bond donors (Lipinski definition) is 1. The van der Waals surface area contributed by atoms with Crippen molar-refractivity contribution in [2.75, 3.05) is 6.54 Å². The molecule has 5 nitrogen and oxygen atoms in total. The third-order valence-corrected chi connectivity index (χ3v) is 5.05.